The van der Waals surface area contributed by atoms with Gasteiger partial charge in [-0.1, -0.05) is 0 Å². The quantitative estimate of drug-likeness (QED) is 0.584. The summed E-state index contributed by atoms with van der Waals surface area (Å²) in [4.78, 5) is 0. The second kappa shape index (κ2) is 13.0. The maximum Gasteiger partial charge on any atom is 0 e. The Morgan fingerprint density at radius 1 is 1.33 bits per heavy atom. The molecule has 0 N–H and O–H groups in total. The second-order valence-corrected chi connectivity index (χ2v) is 1.98. The van der Waals surface area contributed by atoms with Crippen molar-refractivity contribution in [3.8, 4) is 0 Å². The van der Waals surface area contributed by atoms with Gasteiger partial charge in [-0.2, -0.15) is 13.8 Å². The fourth-order valence-electron chi connectivity index (χ4n) is 0. The van der Waals surface area contributed by atoms with Crippen molar-refractivity contribution in [2.45, 2.75) is 20.8 Å². The van der Waals surface area contributed by atoms with Crippen molar-refractivity contribution in [3.05, 3.63) is 12.8 Å². The van der Waals surface area contributed by atoms with Gasteiger partial charge in [0.05, 0.1) is 0 Å². The van der Waals surface area contributed by atoms with Crippen LogP contribution in [-0.4, -0.2) is 0 Å². The third-order valence-corrected chi connectivity index (χ3v) is 0.986. The van der Waals surface area contributed by atoms with E-state index in [1.165, 1.54) is 5.92 Å². The minimum Gasteiger partial charge on any atom is -0.369 e. The molecule has 0 bridgehead atoms. The normalized spacial score (nSPS) is 10.3. The fraction of sp³-hybridized carbons (Fsp3) is 0.667. The topological polar surface area (TPSA) is 0 Å². The molecule has 0 saturated carbocycles. The first kappa shape index (κ1) is 22.5. The van der Waals surface area contributed by atoms with Crippen LogP contribution in [0.15, 0.2) is 0 Å². The molecular formula is C6H12VWY-2. The molecule has 1 unspecified atom stereocenters. The zero-order chi connectivity index (χ0) is 5.15. The summed E-state index contributed by atoms with van der Waals surface area (Å²) in [7, 11) is 0. The maximum absolute atomic E-state index is 3.80. The van der Waals surface area contributed by atoms with Gasteiger partial charge < -0.3 is 18.8 Å². The van der Waals surface area contributed by atoms with Crippen LogP contribution in [0.25, 0.3) is 0 Å². The standard InChI is InChI=1S/C6H12.V.W.Y/c1-5(2)6(3)4;;;/h5H,1H2,2-4H3;;;/q-2;;;. The van der Waals surface area contributed by atoms with Gasteiger partial charge in [-0.25, -0.2) is 0 Å². The van der Waals surface area contributed by atoms with Crippen molar-refractivity contribution in [1.29, 1.82) is 0 Å². The van der Waals surface area contributed by atoms with Gasteiger partial charge in [0.25, 0.3) is 0 Å². The molecule has 0 aromatic rings. The SMILES string of the molecule is [CH2-]C(C)[C-](C)C.[V].[W].[Y]. The molecule has 3 heteroatoms. The zero-order valence-corrected chi connectivity index (χ0v) is 13.4. The molecule has 0 aromatic heterocycles. The van der Waals surface area contributed by atoms with Gasteiger partial charge in [0.2, 0.25) is 0 Å². The molecule has 0 rings (SSSR count). The molecule has 9 heavy (non-hydrogen) atoms. The van der Waals surface area contributed by atoms with E-state index in [9.17, 15) is 0 Å². The second-order valence-electron chi connectivity index (χ2n) is 1.98. The van der Waals surface area contributed by atoms with Crippen LogP contribution in [0.2, 0.25) is 0 Å². The van der Waals surface area contributed by atoms with Crippen LogP contribution in [0, 0.1) is 18.8 Å². The first-order chi connectivity index (χ1) is 2.64. The molecule has 0 aliphatic heterocycles. The number of hydrogen-bond acceptors (Lipinski definition) is 0. The van der Waals surface area contributed by atoms with E-state index in [1.807, 2.05) is 0 Å². The predicted octanol–water partition coefficient (Wildman–Crippen LogP) is 2.06. The van der Waals surface area contributed by atoms with Crippen molar-refractivity contribution in [2.24, 2.45) is 5.92 Å². The van der Waals surface area contributed by atoms with Crippen molar-refractivity contribution in [2.75, 3.05) is 0 Å². The van der Waals surface area contributed by atoms with Crippen LogP contribution < -0.4 is 0 Å². The van der Waals surface area contributed by atoms with Crippen LogP contribution in [-0.2, 0) is 72.3 Å². The van der Waals surface area contributed by atoms with Crippen LogP contribution >= 0.6 is 0 Å². The van der Waals surface area contributed by atoms with Crippen LogP contribution in [0.5, 0.6) is 0 Å². The van der Waals surface area contributed by atoms with Gasteiger partial charge in [-0.3, -0.25) is 0 Å². The van der Waals surface area contributed by atoms with E-state index in [1.54, 1.807) is 0 Å². The Kier molecular flexibility index (Phi) is 32.5. The predicted molar refractivity (Wildman–Crippen MR) is 29.1 cm³/mol. The molecule has 0 amide bonds. The van der Waals surface area contributed by atoms with E-state index < -0.39 is 0 Å². The molecule has 0 spiro atoms. The summed E-state index contributed by atoms with van der Waals surface area (Å²) in [5, 5.41) is 0. The first-order valence-corrected chi connectivity index (χ1v) is 2.27. The minimum atomic E-state index is 0. The summed E-state index contributed by atoms with van der Waals surface area (Å²) in [5.74, 6) is 1.92. The summed E-state index contributed by atoms with van der Waals surface area (Å²) >= 11 is 0. The Labute approximate surface area is 110 Å². The maximum atomic E-state index is 3.80. The summed E-state index contributed by atoms with van der Waals surface area (Å²) in [5.41, 5.74) is 0. The van der Waals surface area contributed by atoms with Crippen LogP contribution in [0.4, 0.5) is 0 Å². The molecule has 0 aliphatic carbocycles. The summed E-state index contributed by atoms with van der Waals surface area (Å²) < 4.78 is 0. The fourth-order valence-corrected chi connectivity index (χ4v) is 0. The Bertz CT molecular complexity index is 34.0. The third kappa shape index (κ3) is 17.9. The monoisotopic (exact) mass is 408 g/mol. The van der Waals surface area contributed by atoms with Crippen molar-refractivity contribution in [1.82, 2.24) is 0 Å². The molecule has 2 radical (unpaired) electrons. The van der Waals surface area contributed by atoms with Crippen molar-refractivity contribution < 1.29 is 72.3 Å². The van der Waals surface area contributed by atoms with Gasteiger partial charge in [-0.05, 0) is 0 Å². The van der Waals surface area contributed by atoms with E-state index >= 15 is 0 Å². The van der Waals surface area contributed by atoms with Gasteiger partial charge in [0.1, 0.15) is 0 Å². The zero-order valence-electron chi connectivity index (χ0n) is 6.22. The molecule has 0 heterocycles. The summed E-state index contributed by atoms with van der Waals surface area (Å²) in [6, 6.07) is 0. The molecule has 0 fully saturated rings. The van der Waals surface area contributed by atoms with Gasteiger partial charge >= 0.3 is 0 Å². The van der Waals surface area contributed by atoms with Gasteiger partial charge in [-0.15, -0.1) is 6.92 Å². The van der Waals surface area contributed by atoms with E-state index in [2.05, 4.69) is 27.7 Å². The molecule has 52 valence electrons. The minimum absolute atomic E-state index is 0. The van der Waals surface area contributed by atoms with Crippen LogP contribution in [0.1, 0.15) is 20.8 Å². The van der Waals surface area contributed by atoms with Gasteiger partial charge in [0.15, 0.2) is 0 Å². The van der Waals surface area contributed by atoms with Gasteiger partial charge in [0, 0.05) is 72.3 Å². The van der Waals surface area contributed by atoms with E-state index in [0.29, 0.717) is 5.92 Å². The molecule has 0 saturated heterocycles. The first-order valence-electron chi connectivity index (χ1n) is 2.27. The van der Waals surface area contributed by atoms with E-state index in [0.717, 1.165) is 0 Å². The third-order valence-electron chi connectivity index (χ3n) is 0.986. The Morgan fingerprint density at radius 2 is 1.44 bits per heavy atom. The molecule has 0 aromatic carbocycles. The largest absolute Gasteiger partial charge is 0.369 e. The number of rotatable bonds is 1. The average Bonchev–Trinajstić information content (AvgIpc) is 1.36. The van der Waals surface area contributed by atoms with E-state index in [4.69, 9.17) is 0 Å². The summed E-state index contributed by atoms with van der Waals surface area (Å²) in [6.45, 7) is 10.1. The smallest absolute Gasteiger partial charge is 0 e. The van der Waals surface area contributed by atoms with Crippen molar-refractivity contribution >= 4 is 0 Å². The average molecular weight is 408 g/mol. The Balaban J connectivity index is -0.0000000417. The molecule has 1 atom stereocenters. The molecular weight excluding hydrogens is 396 g/mol. The molecule has 0 nitrogen and oxygen atoms in total. The Hall–Kier alpha value is 2.38. The van der Waals surface area contributed by atoms with E-state index in [-0.39, 0.29) is 72.3 Å². The summed E-state index contributed by atoms with van der Waals surface area (Å²) in [6.07, 6.45) is 0. The van der Waals surface area contributed by atoms with Crippen LogP contribution in [0.3, 0.4) is 0 Å². The Morgan fingerprint density at radius 3 is 1.44 bits per heavy atom. The molecule has 0 aliphatic rings. The van der Waals surface area contributed by atoms with Crippen molar-refractivity contribution in [3.63, 3.8) is 0 Å². The number of hydrogen-bond donors (Lipinski definition) is 0.